The number of carbonyl (C=O) groups is 1. The van der Waals surface area contributed by atoms with E-state index < -0.39 is 5.91 Å². The van der Waals surface area contributed by atoms with E-state index in [1.54, 1.807) is 12.1 Å². The molecule has 1 amide bonds. The number of aromatic nitrogens is 3. The minimum atomic E-state index is -0.492. The number of benzene rings is 2. The van der Waals surface area contributed by atoms with Crippen LogP contribution in [0.25, 0.3) is 0 Å². The Morgan fingerprint density at radius 2 is 2.00 bits per heavy atom. The zero-order chi connectivity index (χ0) is 27.2. The average molecular weight is 514 g/mol. The largest absolute Gasteiger partial charge is 0.366 e. The summed E-state index contributed by atoms with van der Waals surface area (Å²) in [5.74, 6) is 1.39. The van der Waals surface area contributed by atoms with Gasteiger partial charge in [-0.2, -0.15) is 20.2 Å². The third-order valence-electron chi connectivity index (χ3n) is 6.44. The van der Waals surface area contributed by atoms with Crippen LogP contribution >= 0.6 is 0 Å². The molecule has 10 nitrogen and oxygen atoms in total. The molecule has 4 rings (SSSR count). The second-order valence-electron chi connectivity index (χ2n) is 10.3. The number of carbonyl (C=O) groups excluding carboxylic acids is 1. The minimum Gasteiger partial charge on any atom is -0.366 e. The highest BCUT2D eigenvalue weighted by Crippen LogP contribution is 2.24. The molecule has 38 heavy (non-hydrogen) atoms. The fourth-order valence-electron chi connectivity index (χ4n) is 4.59. The lowest BCUT2D eigenvalue weighted by Gasteiger charge is -2.22. The Bertz CT molecular complexity index is 1330. The Hall–Kier alpha value is -4.23. The lowest BCUT2D eigenvalue weighted by molar-refractivity contribution is 0.100. The molecular formula is C28H35N9O. The third-order valence-corrected chi connectivity index (χ3v) is 6.44. The normalized spacial score (nSPS) is 15.3. The number of nitriles is 1. The average Bonchev–Trinajstić information content (AvgIpc) is 3.31. The maximum Gasteiger partial charge on any atom is 0.248 e. The van der Waals surface area contributed by atoms with Gasteiger partial charge in [0.1, 0.15) is 0 Å². The molecule has 0 aliphatic carbocycles. The van der Waals surface area contributed by atoms with Gasteiger partial charge in [-0.1, -0.05) is 32.0 Å². The van der Waals surface area contributed by atoms with Crippen molar-refractivity contribution in [2.24, 2.45) is 11.7 Å². The van der Waals surface area contributed by atoms with Crippen LogP contribution in [0.4, 0.5) is 23.5 Å². The van der Waals surface area contributed by atoms with Crippen molar-refractivity contribution in [3.63, 3.8) is 0 Å². The van der Waals surface area contributed by atoms with Gasteiger partial charge in [-0.3, -0.25) is 9.69 Å². The van der Waals surface area contributed by atoms with Crippen molar-refractivity contribution < 1.29 is 4.79 Å². The quantitative estimate of drug-likeness (QED) is 0.371. The summed E-state index contributed by atoms with van der Waals surface area (Å²) in [5, 5.41) is 15.9. The van der Waals surface area contributed by atoms with E-state index >= 15 is 0 Å². The summed E-state index contributed by atoms with van der Waals surface area (Å²) in [6.07, 6.45) is 0.948. The molecule has 1 unspecified atom stereocenters. The maximum atomic E-state index is 11.7. The number of nitrogens with two attached hydrogens (primary N) is 1. The third kappa shape index (κ3) is 6.95. The minimum absolute atomic E-state index is 0.174. The van der Waals surface area contributed by atoms with Crippen LogP contribution in [0.5, 0.6) is 0 Å². The number of nitrogens with zero attached hydrogens (tertiary/aromatic N) is 6. The first-order chi connectivity index (χ1) is 18.2. The Labute approximate surface area is 223 Å². The number of nitrogens with one attached hydrogen (secondary N) is 2. The summed E-state index contributed by atoms with van der Waals surface area (Å²) >= 11 is 0. The number of rotatable bonds is 10. The first-order valence-corrected chi connectivity index (χ1v) is 12.8. The molecule has 1 aliphatic rings. The highest BCUT2D eigenvalue weighted by atomic mass is 16.1. The van der Waals surface area contributed by atoms with Crippen LogP contribution in [0.1, 0.15) is 47.3 Å². The fourth-order valence-corrected chi connectivity index (χ4v) is 4.59. The topological polar surface area (TPSA) is 136 Å². The molecule has 3 aromatic rings. The van der Waals surface area contributed by atoms with Crippen molar-refractivity contribution in [2.75, 3.05) is 42.2 Å². The van der Waals surface area contributed by atoms with Crippen molar-refractivity contribution in [3.05, 3.63) is 64.7 Å². The van der Waals surface area contributed by atoms with Crippen LogP contribution in [0.3, 0.4) is 0 Å². The highest BCUT2D eigenvalue weighted by molar-refractivity contribution is 5.94. The van der Waals surface area contributed by atoms with Gasteiger partial charge in [-0.05, 0) is 54.7 Å². The zero-order valence-electron chi connectivity index (χ0n) is 22.4. The lowest BCUT2D eigenvalue weighted by Crippen LogP contribution is -2.28. The first kappa shape index (κ1) is 26.8. The molecule has 0 saturated carbocycles. The molecule has 1 fully saturated rings. The number of anilines is 4. The van der Waals surface area contributed by atoms with Crippen LogP contribution in [0.15, 0.2) is 42.5 Å². The standard InChI is InChI=1S/C28H35N9O/c1-18(2)15-36(4)28-34-26(33-27(35-28)32-24-13-22(25(30)38)9-8-19(24)3)31-23-10-11-37(17-23)16-21-7-5-6-20(12-21)14-29/h5-9,12-13,18,23H,10-11,15-17H2,1-4H3,(H2,30,38)(H2,31,32,33,34,35). The fraction of sp³-hybridized carbons (Fsp3) is 0.393. The first-order valence-electron chi connectivity index (χ1n) is 12.8. The van der Waals surface area contributed by atoms with E-state index in [0.717, 1.165) is 43.7 Å². The smallest absolute Gasteiger partial charge is 0.248 e. The number of hydrogen-bond donors (Lipinski definition) is 3. The van der Waals surface area contributed by atoms with Gasteiger partial charge >= 0.3 is 0 Å². The predicted molar refractivity (Wildman–Crippen MR) is 149 cm³/mol. The SMILES string of the molecule is Cc1ccc(C(N)=O)cc1Nc1nc(NC2CCN(Cc3cccc(C#N)c3)C2)nc(N(C)CC(C)C)n1. The van der Waals surface area contributed by atoms with E-state index in [1.807, 2.05) is 43.1 Å². The Morgan fingerprint density at radius 1 is 1.21 bits per heavy atom. The van der Waals surface area contributed by atoms with Gasteiger partial charge in [0.15, 0.2) is 0 Å². The maximum absolute atomic E-state index is 11.7. The van der Waals surface area contributed by atoms with Crippen LogP contribution in [-0.2, 0) is 6.54 Å². The Morgan fingerprint density at radius 3 is 2.74 bits per heavy atom. The molecule has 0 bridgehead atoms. The Kier molecular flexibility index (Phi) is 8.38. The van der Waals surface area contributed by atoms with Crippen LogP contribution in [0.2, 0.25) is 0 Å². The van der Waals surface area contributed by atoms with Gasteiger partial charge in [-0.25, -0.2) is 0 Å². The lowest BCUT2D eigenvalue weighted by atomic mass is 10.1. The van der Waals surface area contributed by atoms with Crippen molar-refractivity contribution in [2.45, 2.75) is 39.8 Å². The van der Waals surface area contributed by atoms with Crippen LogP contribution in [0, 0.1) is 24.2 Å². The monoisotopic (exact) mass is 513 g/mol. The number of likely N-dealkylation sites (tertiary alicyclic amines) is 1. The summed E-state index contributed by atoms with van der Waals surface area (Å²) in [7, 11) is 1.97. The number of primary amides is 1. The van der Waals surface area contributed by atoms with Crippen LogP contribution in [-0.4, -0.2) is 58.5 Å². The van der Waals surface area contributed by atoms with E-state index in [1.165, 1.54) is 0 Å². The van der Waals surface area contributed by atoms with Gasteiger partial charge in [0, 0.05) is 50.5 Å². The van der Waals surface area contributed by atoms with Crippen molar-refractivity contribution >= 4 is 29.4 Å². The van der Waals surface area contributed by atoms with E-state index in [9.17, 15) is 10.1 Å². The second-order valence-corrected chi connectivity index (χ2v) is 10.3. The Balaban J connectivity index is 1.52. The molecule has 0 radical (unpaired) electrons. The van der Waals surface area contributed by atoms with E-state index in [0.29, 0.717) is 40.6 Å². The van der Waals surface area contributed by atoms with Gasteiger partial charge in [0.05, 0.1) is 11.6 Å². The van der Waals surface area contributed by atoms with Gasteiger partial charge in [0.25, 0.3) is 0 Å². The summed E-state index contributed by atoms with van der Waals surface area (Å²) in [5.41, 5.74) is 9.35. The summed E-state index contributed by atoms with van der Waals surface area (Å²) in [4.78, 5) is 30.1. The molecule has 4 N–H and O–H groups in total. The molecular weight excluding hydrogens is 478 g/mol. The van der Waals surface area contributed by atoms with Crippen molar-refractivity contribution in [3.8, 4) is 6.07 Å². The number of aryl methyl sites for hydroxylation is 1. The van der Waals surface area contributed by atoms with Gasteiger partial charge < -0.3 is 21.3 Å². The van der Waals surface area contributed by atoms with Gasteiger partial charge in [0.2, 0.25) is 23.8 Å². The van der Waals surface area contributed by atoms with Gasteiger partial charge in [-0.15, -0.1) is 0 Å². The number of hydrogen-bond acceptors (Lipinski definition) is 9. The van der Waals surface area contributed by atoms with E-state index in [2.05, 4.69) is 51.5 Å². The molecule has 10 heteroatoms. The van der Waals surface area contributed by atoms with Crippen LogP contribution < -0.4 is 21.3 Å². The molecule has 2 heterocycles. The van der Waals surface area contributed by atoms with Crippen molar-refractivity contribution in [1.82, 2.24) is 19.9 Å². The molecule has 1 saturated heterocycles. The second kappa shape index (κ2) is 11.9. The zero-order valence-corrected chi connectivity index (χ0v) is 22.4. The summed E-state index contributed by atoms with van der Waals surface area (Å²) in [6.45, 7) is 9.58. The molecule has 0 spiro atoms. The summed E-state index contributed by atoms with van der Waals surface area (Å²) in [6, 6.07) is 15.4. The number of amides is 1. The van der Waals surface area contributed by atoms with E-state index in [-0.39, 0.29) is 6.04 Å². The van der Waals surface area contributed by atoms with E-state index in [4.69, 9.17) is 10.7 Å². The molecule has 2 aromatic carbocycles. The molecule has 1 aliphatic heterocycles. The predicted octanol–water partition coefficient (Wildman–Crippen LogP) is 3.67. The highest BCUT2D eigenvalue weighted by Gasteiger charge is 2.24. The summed E-state index contributed by atoms with van der Waals surface area (Å²) < 4.78 is 0. The van der Waals surface area contributed by atoms with Crippen molar-refractivity contribution in [1.29, 1.82) is 5.26 Å². The molecule has 198 valence electrons. The molecule has 1 atom stereocenters. The molecule has 1 aromatic heterocycles.